The van der Waals surface area contributed by atoms with Crippen LogP contribution in [0.25, 0.3) is 11.4 Å². The van der Waals surface area contributed by atoms with Crippen molar-refractivity contribution in [3.05, 3.63) is 39.6 Å². The summed E-state index contributed by atoms with van der Waals surface area (Å²) >= 11 is 2.22. The molecule has 0 fully saturated rings. The first-order valence-corrected chi connectivity index (χ1v) is 7.31. The summed E-state index contributed by atoms with van der Waals surface area (Å²) in [6.45, 7) is 6.63. The molecule has 0 aliphatic heterocycles. The van der Waals surface area contributed by atoms with Gasteiger partial charge in [0.1, 0.15) is 5.82 Å². The van der Waals surface area contributed by atoms with E-state index < -0.39 is 0 Å². The zero-order chi connectivity index (χ0) is 14.0. The second kappa shape index (κ2) is 5.45. The normalized spacial score (nSPS) is 11.4. The van der Waals surface area contributed by atoms with Crippen molar-refractivity contribution in [3.63, 3.8) is 0 Å². The predicted octanol–water partition coefficient (Wildman–Crippen LogP) is 4.09. The Kier molecular flexibility index (Phi) is 4.08. The summed E-state index contributed by atoms with van der Waals surface area (Å²) < 4.78 is 1.02. The molecule has 0 atom stereocenters. The lowest BCUT2D eigenvalue weighted by molar-refractivity contribution is 0.590. The van der Waals surface area contributed by atoms with Gasteiger partial charge in [0, 0.05) is 18.8 Å². The molecule has 0 saturated carbocycles. The van der Waals surface area contributed by atoms with Gasteiger partial charge >= 0.3 is 0 Å². The molecule has 0 radical (unpaired) electrons. The molecule has 1 heterocycles. The molecule has 1 aromatic carbocycles. The van der Waals surface area contributed by atoms with Gasteiger partial charge in [0.2, 0.25) is 0 Å². The van der Waals surface area contributed by atoms with E-state index in [1.807, 2.05) is 13.2 Å². The zero-order valence-electron chi connectivity index (χ0n) is 11.7. The molecule has 100 valence electrons. The Morgan fingerprint density at radius 1 is 1.11 bits per heavy atom. The summed E-state index contributed by atoms with van der Waals surface area (Å²) in [7, 11) is 1.87. The van der Waals surface area contributed by atoms with Crippen LogP contribution >= 0.6 is 22.6 Å². The van der Waals surface area contributed by atoms with Crippen LogP contribution in [0, 0.1) is 3.57 Å². The number of nitrogens with one attached hydrogen (secondary N) is 1. The fraction of sp³-hybridized carbons (Fsp3) is 0.333. The van der Waals surface area contributed by atoms with Crippen LogP contribution in [0.2, 0.25) is 0 Å². The van der Waals surface area contributed by atoms with Crippen molar-refractivity contribution in [1.29, 1.82) is 0 Å². The molecule has 0 aliphatic rings. The van der Waals surface area contributed by atoms with Crippen LogP contribution in [-0.4, -0.2) is 17.0 Å². The lowest BCUT2D eigenvalue weighted by Crippen LogP contribution is -2.10. The Balaban J connectivity index is 2.37. The van der Waals surface area contributed by atoms with Gasteiger partial charge < -0.3 is 5.32 Å². The fourth-order valence-corrected chi connectivity index (χ4v) is 2.33. The van der Waals surface area contributed by atoms with Crippen LogP contribution in [-0.2, 0) is 5.41 Å². The van der Waals surface area contributed by atoms with Crippen molar-refractivity contribution >= 4 is 28.4 Å². The van der Waals surface area contributed by atoms with Gasteiger partial charge in [-0.2, -0.15) is 0 Å². The van der Waals surface area contributed by atoms with Crippen molar-refractivity contribution in [1.82, 2.24) is 9.97 Å². The molecule has 0 amide bonds. The highest BCUT2D eigenvalue weighted by molar-refractivity contribution is 14.1. The maximum absolute atomic E-state index is 4.52. The molecular weight excluding hydrogens is 349 g/mol. The number of hydrogen-bond acceptors (Lipinski definition) is 3. The van der Waals surface area contributed by atoms with Crippen molar-refractivity contribution in [2.75, 3.05) is 12.4 Å². The Morgan fingerprint density at radius 3 is 2.26 bits per heavy atom. The van der Waals surface area contributed by atoms with E-state index in [1.54, 1.807) is 0 Å². The number of aromatic nitrogens is 2. The van der Waals surface area contributed by atoms with E-state index in [0.29, 0.717) is 0 Å². The number of benzene rings is 1. The minimum Gasteiger partial charge on any atom is -0.372 e. The monoisotopic (exact) mass is 367 g/mol. The molecule has 1 aromatic heterocycles. The van der Waals surface area contributed by atoms with E-state index in [4.69, 9.17) is 0 Å². The molecule has 0 spiro atoms. The Morgan fingerprint density at radius 2 is 1.74 bits per heavy atom. The molecule has 2 aromatic rings. The fourth-order valence-electron chi connectivity index (χ4n) is 1.80. The van der Waals surface area contributed by atoms with Crippen LogP contribution in [0.5, 0.6) is 0 Å². The van der Waals surface area contributed by atoms with Gasteiger partial charge in [-0.25, -0.2) is 9.97 Å². The average Bonchev–Trinajstić information content (AvgIpc) is 2.38. The van der Waals surface area contributed by atoms with Gasteiger partial charge in [-0.15, -0.1) is 0 Å². The quantitative estimate of drug-likeness (QED) is 0.813. The van der Waals surface area contributed by atoms with Crippen LogP contribution < -0.4 is 5.32 Å². The van der Waals surface area contributed by atoms with E-state index in [0.717, 1.165) is 20.8 Å². The molecule has 0 aliphatic carbocycles. The van der Waals surface area contributed by atoms with Gasteiger partial charge in [-0.05, 0) is 33.6 Å². The highest BCUT2D eigenvalue weighted by Crippen LogP contribution is 2.25. The number of halogens is 1. The van der Waals surface area contributed by atoms with Crippen LogP contribution in [0.15, 0.2) is 30.5 Å². The summed E-state index contributed by atoms with van der Waals surface area (Å²) in [5.41, 5.74) is 2.53. The van der Waals surface area contributed by atoms with E-state index in [1.165, 1.54) is 5.56 Å². The molecule has 0 unspecified atom stereocenters. The first kappa shape index (κ1) is 14.2. The van der Waals surface area contributed by atoms with Crippen LogP contribution in [0.1, 0.15) is 26.3 Å². The third-order valence-electron chi connectivity index (χ3n) is 2.99. The van der Waals surface area contributed by atoms with Gasteiger partial charge in [0.05, 0.1) is 3.57 Å². The Hall–Kier alpha value is -1.17. The number of anilines is 1. The summed E-state index contributed by atoms with van der Waals surface area (Å²) in [4.78, 5) is 8.91. The van der Waals surface area contributed by atoms with Crippen molar-refractivity contribution in [2.24, 2.45) is 0 Å². The molecular formula is C15H18IN3. The second-order valence-corrected chi connectivity index (χ2v) is 6.63. The van der Waals surface area contributed by atoms with Crippen molar-refractivity contribution in [3.8, 4) is 11.4 Å². The first-order chi connectivity index (χ1) is 8.91. The van der Waals surface area contributed by atoms with E-state index >= 15 is 0 Å². The highest BCUT2D eigenvalue weighted by atomic mass is 127. The third kappa shape index (κ3) is 3.23. The van der Waals surface area contributed by atoms with E-state index in [-0.39, 0.29) is 5.41 Å². The Bertz CT molecular complexity index is 571. The highest BCUT2D eigenvalue weighted by Gasteiger charge is 2.13. The minimum absolute atomic E-state index is 0.168. The molecule has 0 saturated heterocycles. The second-order valence-electron chi connectivity index (χ2n) is 5.47. The topological polar surface area (TPSA) is 37.8 Å². The maximum Gasteiger partial charge on any atom is 0.161 e. The Labute approximate surface area is 128 Å². The molecule has 1 N–H and O–H groups in total. The molecule has 2 rings (SSSR count). The maximum atomic E-state index is 4.52. The number of hydrogen-bond donors (Lipinski definition) is 1. The summed E-state index contributed by atoms with van der Waals surface area (Å²) in [6.07, 6.45) is 1.84. The van der Waals surface area contributed by atoms with Crippen molar-refractivity contribution in [2.45, 2.75) is 26.2 Å². The SMILES string of the molecule is CNc1nc(-c2ccc(C(C)(C)C)cc2)ncc1I. The molecule has 19 heavy (non-hydrogen) atoms. The van der Waals surface area contributed by atoms with E-state index in [9.17, 15) is 0 Å². The number of rotatable bonds is 2. The predicted molar refractivity (Wildman–Crippen MR) is 88.4 cm³/mol. The van der Waals surface area contributed by atoms with Gasteiger partial charge in [0.25, 0.3) is 0 Å². The zero-order valence-corrected chi connectivity index (χ0v) is 13.8. The lowest BCUT2D eigenvalue weighted by atomic mass is 9.87. The largest absolute Gasteiger partial charge is 0.372 e. The van der Waals surface area contributed by atoms with Gasteiger partial charge in [-0.1, -0.05) is 45.0 Å². The van der Waals surface area contributed by atoms with Crippen LogP contribution in [0.4, 0.5) is 5.82 Å². The first-order valence-electron chi connectivity index (χ1n) is 6.23. The average molecular weight is 367 g/mol. The molecule has 0 bridgehead atoms. The van der Waals surface area contributed by atoms with Gasteiger partial charge in [0.15, 0.2) is 5.82 Å². The summed E-state index contributed by atoms with van der Waals surface area (Å²) in [5.74, 6) is 1.62. The third-order valence-corrected chi connectivity index (χ3v) is 3.78. The van der Waals surface area contributed by atoms with Crippen molar-refractivity contribution < 1.29 is 0 Å². The smallest absolute Gasteiger partial charge is 0.161 e. The van der Waals surface area contributed by atoms with Crippen LogP contribution in [0.3, 0.4) is 0 Å². The van der Waals surface area contributed by atoms with E-state index in [2.05, 4.69) is 82.9 Å². The standard InChI is InChI=1S/C15H18IN3/c1-15(2,3)11-7-5-10(6-8-11)13-18-9-12(16)14(17-4)19-13/h5-9H,1-4H3,(H,17,18,19). The molecule has 3 nitrogen and oxygen atoms in total. The number of nitrogens with zero attached hydrogens (tertiary/aromatic N) is 2. The molecule has 4 heteroatoms. The van der Waals surface area contributed by atoms with Gasteiger partial charge in [-0.3, -0.25) is 0 Å². The summed E-state index contributed by atoms with van der Waals surface area (Å²) in [5, 5.41) is 3.08. The minimum atomic E-state index is 0.168. The lowest BCUT2D eigenvalue weighted by Gasteiger charge is -2.19. The summed E-state index contributed by atoms with van der Waals surface area (Å²) in [6, 6.07) is 8.47.